The van der Waals surface area contributed by atoms with E-state index in [9.17, 15) is 9.59 Å². The van der Waals surface area contributed by atoms with E-state index in [0.29, 0.717) is 35.7 Å². The molecule has 3 rings (SSSR count). The number of nitrogens with one attached hydrogen (secondary N) is 2. The molecule has 188 valence electrons. The van der Waals surface area contributed by atoms with E-state index in [1.54, 1.807) is 44.6 Å². The van der Waals surface area contributed by atoms with Crippen molar-refractivity contribution in [3.8, 4) is 11.5 Å². The molecule has 6 heteroatoms. The summed E-state index contributed by atoms with van der Waals surface area (Å²) in [5.74, 6) is 0.743. The molecule has 0 aliphatic heterocycles. The van der Waals surface area contributed by atoms with Gasteiger partial charge in [-0.2, -0.15) is 0 Å². The number of benzene rings is 3. The summed E-state index contributed by atoms with van der Waals surface area (Å²) in [6, 6.07) is 20.7. The van der Waals surface area contributed by atoms with Crippen molar-refractivity contribution in [2.75, 3.05) is 26.1 Å². The summed E-state index contributed by atoms with van der Waals surface area (Å²) >= 11 is 0. The third kappa shape index (κ3) is 7.22. The van der Waals surface area contributed by atoms with Gasteiger partial charge in [-0.05, 0) is 58.9 Å². The summed E-state index contributed by atoms with van der Waals surface area (Å²) in [6.07, 6.45) is 3.85. The van der Waals surface area contributed by atoms with E-state index < -0.39 is 0 Å². The summed E-state index contributed by atoms with van der Waals surface area (Å²) in [4.78, 5) is 25.4. The molecule has 6 nitrogen and oxygen atoms in total. The fourth-order valence-corrected chi connectivity index (χ4v) is 3.68. The summed E-state index contributed by atoms with van der Waals surface area (Å²) < 4.78 is 10.6. The fourth-order valence-electron chi connectivity index (χ4n) is 3.68. The normalized spacial score (nSPS) is 11.2. The molecule has 0 heterocycles. The van der Waals surface area contributed by atoms with Crippen molar-refractivity contribution >= 4 is 23.6 Å². The van der Waals surface area contributed by atoms with Crippen LogP contribution in [0.4, 0.5) is 5.69 Å². The number of carbonyl (C=O) groups excluding carboxylic acids is 2. The highest BCUT2D eigenvalue weighted by Gasteiger charge is 2.14. The molecule has 2 amide bonds. The van der Waals surface area contributed by atoms with Gasteiger partial charge < -0.3 is 20.1 Å². The lowest BCUT2D eigenvalue weighted by molar-refractivity contribution is -0.111. The number of amides is 2. The van der Waals surface area contributed by atoms with E-state index in [-0.39, 0.29) is 17.2 Å². The molecule has 0 atom stereocenters. The Morgan fingerprint density at radius 1 is 0.889 bits per heavy atom. The Bertz CT molecular complexity index is 1220. The molecule has 2 N–H and O–H groups in total. The van der Waals surface area contributed by atoms with E-state index in [0.717, 1.165) is 11.1 Å². The summed E-state index contributed by atoms with van der Waals surface area (Å²) in [7, 11) is 3.18. The number of methoxy groups -OCH3 is 2. The first-order valence-electron chi connectivity index (χ1n) is 11.9. The maximum absolute atomic E-state index is 12.8. The predicted octanol–water partition coefficient (Wildman–Crippen LogP) is 5.63. The molecule has 3 aromatic carbocycles. The Hall–Kier alpha value is -4.06. The number of para-hydroxylation sites is 1. The Morgan fingerprint density at radius 2 is 1.58 bits per heavy atom. The molecule has 0 aromatic heterocycles. The van der Waals surface area contributed by atoms with E-state index >= 15 is 0 Å². The highest BCUT2D eigenvalue weighted by atomic mass is 16.5. The van der Waals surface area contributed by atoms with Crippen molar-refractivity contribution in [2.45, 2.75) is 32.6 Å². The third-order valence-corrected chi connectivity index (χ3v) is 5.78. The van der Waals surface area contributed by atoms with Crippen molar-refractivity contribution in [2.24, 2.45) is 0 Å². The summed E-state index contributed by atoms with van der Waals surface area (Å²) in [6.45, 7) is 6.92. The quantitative estimate of drug-likeness (QED) is 0.385. The third-order valence-electron chi connectivity index (χ3n) is 5.78. The van der Waals surface area contributed by atoms with Gasteiger partial charge in [-0.1, -0.05) is 63.2 Å². The van der Waals surface area contributed by atoms with Crippen molar-refractivity contribution in [3.63, 3.8) is 0 Å². The minimum Gasteiger partial charge on any atom is -0.493 e. The topological polar surface area (TPSA) is 76.7 Å². The van der Waals surface area contributed by atoms with Gasteiger partial charge in [0, 0.05) is 12.6 Å². The van der Waals surface area contributed by atoms with Crippen LogP contribution in [0.1, 0.15) is 47.8 Å². The molecule has 0 aliphatic carbocycles. The van der Waals surface area contributed by atoms with Crippen molar-refractivity contribution < 1.29 is 19.1 Å². The van der Waals surface area contributed by atoms with Crippen LogP contribution in [-0.2, 0) is 16.6 Å². The maximum atomic E-state index is 12.8. The van der Waals surface area contributed by atoms with Crippen LogP contribution in [0.2, 0.25) is 0 Å². The first-order chi connectivity index (χ1) is 17.2. The van der Waals surface area contributed by atoms with E-state index in [2.05, 4.69) is 43.5 Å². The standard InChI is InChI=1S/C30H34N2O4/c1-30(2,3)23-14-10-21(11-15-23)13-17-28(33)32-25-9-7-6-8-24(25)29(34)31-19-18-22-12-16-26(35-4)27(20-22)36-5/h6-17,20H,18-19H2,1-5H3,(H,31,34)(H,32,33)/b17-13+. The molecule has 36 heavy (non-hydrogen) atoms. The number of hydrogen-bond donors (Lipinski definition) is 2. The zero-order valence-corrected chi connectivity index (χ0v) is 21.6. The first-order valence-corrected chi connectivity index (χ1v) is 11.9. The van der Waals surface area contributed by atoms with Crippen LogP contribution < -0.4 is 20.1 Å². The highest BCUT2D eigenvalue weighted by molar-refractivity contribution is 6.07. The average molecular weight is 487 g/mol. The number of rotatable bonds is 9. The molecular formula is C30H34N2O4. The number of ether oxygens (including phenoxy) is 2. The molecule has 0 unspecified atom stereocenters. The maximum Gasteiger partial charge on any atom is 0.253 e. The molecule has 0 spiro atoms. The molecule has 0 saturated carbocycles. The van der Waals surface area contributed by atoms with Crippen molar-refractivity contribution in [1.29, 1.82) is 0 Å². The van der Waals surface area contributed by atoms with Gasteiger partial charge in [-0.3, -0.25) is 9.59 Å². The Balaban J connectivity index is 1.59. The van der Waals surface area contributed by atoms with Crippen molar-refractivity contribution in [3.05, 3.63) is 95.1 Å². The largest absolute Gasteiger partial charge is 0.493 e. The summed E-state index contributed by atoms with van der Waals surface area (Å²) in [5.41, 5.74) is 4.11. The Morgan fingerprint density at radius 3 is 2.25 bits per heavy atom. The van der Waals surface area contributed by atoms with Gasteiger partial charge in [0.15, 0.2) is 11.5 Å². The van der Waals surface area contributed by atoms with Gasteiger partial charge in [-0.15, -0.1) is 0 Å². The molecular weight excluding hydrogens is 452 g/mol. The monoisotopic (exact) mass is 486 g/mol. The van der Waals surface area contributed by atoms with E-state index in [4.69, 9.17) is 9.47 Å². The van der Waals surface area contributed by atoms with Crippen LogP contribution in [0, 0.1) is 0 Å². The lowest BCUT2D eigenvalue weighted by Crippen LogP contribution is -2.27. The predicted molar refractivity (Wildman–Crippen MR) is 145 cm³/mol. The molecule has 0 aliphatic rings. The average Bonchev–Trinajstić information content (AvgIpc) is 2.87. The van der Waals surface area contributed by atoms with E-state index in [1.807, 2.05) is 30.3 Å². The smallest absolute Gasteiger partial charge is 0.253 e. The lowest BCUT2D eigenvalue weighted by atomic mass is 9.87. The zero-order chi connectivity index (χ0) is 26.1. The second-order valence-corrected chi connectivity index (χ2v) is 9.44. The number of anilines is 1. The molecule has 0 fully saturated rings. The number of carbonyl (C=O) groups is 2. The van der Waals surface area contributed by atoms with Gasteiger partial charge >= 0.3 is 0 Å². The van der Waals surface area contributed by atoms with Crippen LogP contribution in [0.5, 0.6) is 11.5 Å². The van der Waals surface area contributed by atoms with Gasteiger partial charge in [-0.25, -0.2) is 0 Å². The SMILES string of the molecule is COc1ccc(CCNC(=O)c2ccccc2NC(=O)/C=C/c2ccc(C(C)(C)C)cc2)cc1OC. The van der Waals surface area contributed by atoms with E-state index in [1.165, 1.54) is 11.6 Å². The van der Waals surface area contributed by atoms with Crippen LogP contribution >= 0.6 is 0 Å². The van der Waals surface area contributed by atoms with Crippen LogP contribution in [0.3, 0.4) is 0 Å². The van der Waals surface area contributed by atoms with Crippen LogP contribution in [0.25, 0.3) is 6.08 Å². The second kappa shape index (κ2) is 12.1. The highest BCUT2D eigenvalue weighted by Crippen LogP contribution is 2.27. The lowest BCUT2D eigenvalue weighted by Gasteiger charge is -2.18. The van der Waals surface area contributed by atoms with Crippen LogP contribution in [0.15, 0.2) is 72.8 Å². The fraction of sp³-hybridized carbons (Fsp3) is 0.267. The second-order valence-electron chi connectivity index (χ2n) is 9.44. The van der Waals surface area contributed by atoms with Gasteiger partial charge in [0.2, 0.25) is 5.91 Å². The minimum absolute atomic E-state index is 0.0748. The Kier molecular flexibility index (Phi) is 8.90. The number of hydrogen-bond acceptors (Lipinski definition) is 4. The zero-order valence-electron chi connectivity index (χ0n) is 21.6. The summed E-state index contributed by atoms with van der Waals surface area (Å²) in [5, 5.41) is 5.74. The van der Waals surface area contributed by atoms with Crippen LogP contribution in [-0.4, -0.2) is 32.6 Å². The molecule has 0 saturated heterocycles. The molecule has 0 bridgehead atoms. The van der Waals surface area contributed by atoms with Gasteiger partial charge in [0.25, 0.3) is 5.91 Å². The minimum atomic E-state index is -0.305. The molecule has 0 radical (unpaired) electrons. The van der Waals surface area contributed by atoms with Gasteiger partial charge in [0.05, 0.1) is 25.5 Å². The Labute approximate surface area is 213 Å². The first kappa shape index (κ1) is 26.5. The molecule has 3 aromatic rings. The van der Waals surface area contributed by atoms with Crippen molar-refractivity contribution in [1.82, 2.24) is 5.32 Å². The van der Waals surface area contributed by atoms with Gasteiger partial charge in [0.1, 0.15) is 0 Å².